The number of nitrogens with zero attached hydrogens (tertiary/aromatic N) is 1. The van der Waals surface area contributed by atoms with Crippen molar-refractivity contribution < 1.29 is 9.59 Å². The molecule has 1 aliphatic heterocycles. The maximum Gasteiger partial charge on any atom is 0.245 e. The third-order valence-corrected chi connectivity index (χ3v) is 3.52. The second-order valence-electron chi connectivity index (χ2n) is 4.16. The van der Waals surface area contributed by atoms with Crippen LogP contribution in [0, 0.1) is 0 Å². The molecule has 0 spiro atoms. The first-order chi connectivity index (χ1) is 8.68. The van der Waals surface area contributed by atoms with Gasteiger partial charge in [-0.2, -0.15) is 0 Å². The molecule has 0 saturated carbocycles. The van der Waals surface area contributed by atoms with E-state index in [4.69, 9.17) is 11.6 Å². The zero-order chi connectivity index (χ0) is 12.7. The number of hydrogen-bond donors (Lipinski definition) is 1. The van der Waals surface area contributed by atoms with Gasteiger partial charge in [0.1, 0.15) is 5.38 Å². The molecule has 2 heterocycles. The number of pyridine rings is 1. The molecule has 1 fully saturated rings. The van der Waals surface area contributed by atoms with Gasteiger partial charge in [0, 0.05) is 11.6 Å². The van der Waals surface area contributed by atoms with E-state index in [0.29, 0.717) is 11.1 Å². The Balaban J connectivity index is 2.20. The highest BCUT2D eigenvalue weighted by Gasteiger charge is 2.42. The number of alkyl halides is 1. The highest BCUT2D eigenvalue weighted by molar-refractivity contribution is 6.37. The summed E-state index contributed by atoms with van der Waals surface area (Å²) in [7, 11) is 0. The molecule has 3 rings (SSSR count). The molecule has 1 aromatic carbocycles. The van der Waals surface area contributed by atoms with Crippen molar-refractivity contribution in [1.29, 1.82) is 0 Å². The average molecular weight is 261 g/mol. The summed E-state index contributed by atoms with van der Waals surface area (Å²) in [6, 6.07) is 9.25. The molecule has 2 unspecified atom stereocenters. The maximum atomic E-state index is 11.8. The van der Waals surface area contributed by atoms with Crippen molar-refractivity contribution >= 4 is 34.3 Å². The van der Waals surface area contributed by atoms with E-state index in [1.807, 2.05) is 24.3 Å². The number of nitrogens with one attached hydrogen (secondary N) is 1. The minimum Gasteiger partial charge on any atom is -0.295 e. The lowest BCUT2D eigenvalue weighted by Gasteiger charge is -2.12. The van der Waals surface area contributed by atoms with Gasteiger partial charge in [0.15, 0.2) is 0 Å². The van der Waals surface area contributed by atoms with Gasteiger partial charge < -0.3 is 0 Å². The summed E-state index contributed by atoms with van der Waals surface area (Å²) in [5.41, 5.74) is 1.40. The van der Waals surface area contributed by atoms with Crippen molar-refractivity contribution in [1.82, 2.24) is 10.3 Å². The van der Waals surface area contributed by atoms with Gasteiger partial charge in [-0.05, 0) is 11.6 Å². The largest absolute Gasteiger partial charge is 0.295 e. The van der Waals surface area contributed by atoms with E-state index in [-0.39, 0.29) is 5.91 Å². The molecule has 2 atom stereocenters. The van der Waals surface area contributed by atoms with Crippen LogP contribution < -0.4 is 5.32 Å². The van der Waals surface area contributed by atoms with Crippen LogP contribution in [0.15, 0.2) is 36.5 Å². The minimum absolute atomic E-state index is 0.363. The number of amides is 2. The van der Waals surface area contributed by atoms with Crippen LogP contribution in [0.4, 0.5) is 0 Å². The summed E-state index contributed by atoms with van der Waals surface area (Å²) >= 11 is 6.00. The molecule has 0 radical (unpaired) electrons. The molecule has 2 aromatic rings. The molecule has 18 heavy (non-hydrogen) atoms. The van der Waals surface area contributed by atoms with E-state index in [2.05, 4.69) is 10.3 Å². The smallest absolute Gasteiger partial charge is 0.245 e. The SMILES string of the molecule is O=C1NC(=O)C(c2cccc3cccnc23)C1Cl. The van der Waals surface area contributed by atoms with E-state index < -0.39 is 17.2 Å². The Morgan fingerprint density at radius 2 is 1.89 bits per heavy atom. The van der Waals surface area contributed by atoms with Gasteiger partial charge in [-0.3, -0.25) is 19.9 Å². The molecule has 1 N–H and O–H groups in total. The molecular formula is C13H9ClN2O2. The molecule has 4 nitrogen and oxygen atoms in total. The molecule has 90 valence electrons. The Kier molecular flexibility index (Phi) is 2.52. The number of aromatic nitrogens is 1. The molecule has 1 aromatic heterocycles. The third kappa shape index (κ3) is 1.57. The van der Waals surface area contributed by atoms with Crippen LogP contribution in [0.3, 0.4) is 0 Å². The van der Waals surface area contributed by atoms with Crippen molar-refractivity contribution in [2.24, 2.45) is 0 Å². The summed E-state index contributed by atoms with van der Waals surface area (Å²) in [6.07, 6.45) is 1.66. The first-order valence-corrected chi connectivity index (χ1v) is 5.94. The lowest BCUT2D eigenvalue weighted by Crippen LogP contribution is -2.22. The zero-order valence-corrected chi connectivity index (χ0v) is 10.0. The number of rotatable bonds is 1. The van der Waals surface area contributed by atoms with Gasteiger partial charge in [-0.25, -0.2) is 0 Å². The van der Waals surface area contributed by atoms with Crippen LogP contribution in [0.1, 0.15) is 11.5 Å². The number of hydrogen-bond acceptors (Lipinski definition) is 3. The molecule has 1 aliphatic rings. The van der Waals surface area contributed by atoms with Crippen molar-refractivity contribution in [3.05, 3.63) is 42.1 Å². The Hall–Kier alpha value is -1.94. The topological polar surface area (TPSA) is 59.1 Å². The van der Waals surface area contributed by atoms with Crippen molar-refractivity contribution in [3.8, 4) is 0 Å². The number of para-hydroxylation sites is 1. The first-order valence-electron chi connectivity index (χ1n) is 5.51. The van der Waals surface area contributed by atoms with Gasteiger partial charge in [0.05, 0.1) is 11.4 Å². The second kappa shape index (κ2) is 4.07. The van der Waals surface area contributed by atoms with E-state index >= 15 is 0 Å². The molecule has 0 aliphatic carbocycles. The standard InChI is InChI=1S/C13H9ClN2O2/c14-10-9(12(17)16-13(10)18)8-5-1-3-7-4-2-6-15-11(7)8/h1-6,9-10H,(H,16,17,18). The van der Waals surface area contributed by atoms with Crippen molar-refractivity contribution in [3.63, 3.8) is 0 Å². The van der Waals surface area contributed by atoms with E-state index in [9.17, 15) is 9.59 Å². The first kappa shape index (κ1) is 11.2. The summed E-state index contributed by atoms with van der Waals surface area (Å²) in [5, 5.41) is 2.29. The number of benzene rings is 1. The normalized spacial score (nSPS) is 23.4. The van der Waals surface area contributed by atoms with Gasteiger partial charge in [0.2, 0.25) is 11.8 Å². The lowest BCUT2D eigenvalue weighted by molar-refractivity contribution is -0.125. The van der Waals surface area contributed by atoms with E-state index in [0.717, 1.165) is 5.39 Å². The highest BCUT2D eigenvalue weighted by atomic mass is 35.5. The van der Waals surface area contributed by atoms with Gasteiger partial charge in [-0.15, -0.1) is 11.6 Å². The molecule has 2 amide bonds. The van der Waals surface area contributed by atoms with Gasteiger partial charge in [0.25, 0.3) is 0 Å². The van der Waals surface area contributed by atoms with E-state index in [1.165, 1.54) is 0 Å². The molecular weight excluding hydrogens is 252 g/mol. The highest BCUT2D eigenvalue weighted by Crippen LogP contribution is 2.32. The van der Waals surface area contributed by atoms with Crippen LogP contribution >= 0.6 is 11.6 Å². The van der Waals surface area contributed by atoms with Crippen LogP contribution in [-0.4, -0.2) is 22.2 Å². The van der Waals surface area contributed by atoms with Crippen LogP contribution in [0.5, 0.6) is 0 Å². The fraction of sp³-hybridized carbons (Fsp3) is 0.154. The Labute approximate surface area is 108 Å². The number of carbonyl (C=O) groups excluding carboxylic acids is 2. The zero-order valence-electron chi connectivity index (χ0n) is 9.26. The Bertz CT molecular complexity index is 651. The average Bonchev–Trinajstić information content (AvgIpc) is 2.63. The fourth-order valence-corrected chi connectivity index (χ4v) is 2.53. The number of imide groups is 1. The van der Waals surface area contributed by atoms with Crippen molar-refractivity contribution in [2.75, 3.05) is 0 Å². The monoisotopic (exact) mass is 260 g/mol. The van der Waals surface area contributed by atoms with E-state index in [1.54, 1.807) is 12.3 Å². The fourth-order valence-electron chi connectivity index (χ4n) is 2.23. The Morgan fingerprint density at radius 3 is 2.61 bits per heavy atom. The summed E-state index contributed by atoms with van der Waals surface area (Å²) < 4.78 is 0. The summed E-state index contributed by atoms with van der Waals surface area (Å²) in [5.74, 6) is -1.48. The summed E-state index contributed by atoms with van der Waals surface area (Å²) in [4.78, 5) is 27.5. The van der Waals surface area contributed by atoms with Crippen LogP contribution in [0.25, 0.3) is 10.9 Å². The van der Waals surface area contributed by atoms with Crippen LogP contribution in [-0.2, 0) is 9.59 Å². The number of fused-ring (bicyclic) bond motifs is 1. The van der Waals surface area contributed by atoms with Crippen molar-refractivity contribution in [2.45, 2.75) is 11.3 Å². The van der Waals surface area contributed by atoms with Crippen LogP contribution in [0.2, 0.25) is 0 Å². The predicted molar refractivity (Wildman–Crippen MR) is 67.3 cm³/mol. The molecule has 5 heteroatoms. The minimum atomic E-state index is -0.870. The second-order valence-corrected chi connectivity index (χ2v) is 4.63. The Morgan fingerprint density at radius 1 is 1.11 bits per heavy atom. The quantitative estimate of drug-likeness (QED) is 0.626. The predicted octanol–water partition coefficient (Wildman–Crippen LogP) is 1.58. The number of halogens is 1. The number of carbonyl (C=O) groups is 2. The maximum absolute atomic E-state index is 11.8. The van der Waals surface area contributed by atoms with Gasteiger partial charge in [-0.1, -0.05) is 24.3 Å². The molecule has 1 saturated heterocycles. The third-order valence-electron chi connectivity index (χ3n) is 3.07. The van der Waals surface area contributed by atoms with Gasteiger partial charge >= 0.3 is 0 Å². The summed E-state index contributed by atoms with van der Waals surface area (Å²) in [6.45, 7) is 0. The molecule has 0 bridgehead atoms. The lowest BCUT2D eigenvalue weighted by atomic mass is 9.94.